The molecule has 0 aromatic heterocycles. The van der Waals surface area contributed by atoms with E-state index < -0.39 is 20.0 Å². The number of ether oxygens (including phenoxy) is 4. The predicted octanol–water partition coefficient (Wildman–Crippen LogP) is 6.75. The van der Waals surface area contributed by atoms with E-state index in [1.54, 1.807) is 14.2 Å². The molecule has 0 saturated carbocycles. The Bertz CT molecular complexity index is 1000. The second kappa shape index (κ2) is 14.6. The molecule has 1 heterocycles. The van der Waals surface area contributed by atoms with Crippen molar-refractivity contribution >= 4 is 14.2 Å². The lowest BCUT2D eigenvalue weighted by Crippen LogP contribution is -2.54. The number of carbonyl (C=O) groups excluding carboxylic acids is 1. The van der Waals surface area contributed by atoms with Crippen LogP contribution in [0.5, 0.6) is 5.75 Å². The number of hydrogen-bond donors (Lipinski definition) is 0. The fourth-order valence-corrected chi connectivity index (χ4v) is 6.15. The summed E-state index contributed by atoms with van der Waals surface area (Å²) in [4.78, 5) is 18.0. The molecule has 0 radical (unpaired) electrons. The topological polar surface area (TPSA) is 75.7 Å². The van der Waals surface area contributed by atoms with Crippen LogP contribution < -0.4 is 4.74 Å². The van der Waals surface area contributed by atoms with Crippen LogP contribution in [0.2, 0.25) is 18.1 Å². The summed E-state index contributed by atoms with van der Waals surface area (Å²) in [6.45, 7) is 22.2. The van der Waals surface area contributed by atoms with Gasteiger partial charge in [0, 0.05) is 13.0 Å². The Morgan fingerprint density at radius 1 is 1.15 bits per heavy atom. The van der Waals surface area contributed by atoms with Gasteiger partial charge in [-0.05, 0) is 63.0 Å². The van der Waals surface area contributed by atoms with Crippen molar-refractivity contribution in [2.75, 3.05) is 27.9 Å². The molecule has 234 valence electrons. The van der Waals surface area contributed by atoms with Gasteiger partial charge in [-0.1, -0.05) is 58.4 Å². The molecule has 41 heavy (non-hydrogen) atoms. The van der Waals surface area contributed by atoms with Crippen molar-refractivity contribution < 1.29 is 33.0 Å². The summed E-state index contributed by atoms with van der Waals surface area (Å²) in [6.07, 6.45) is 2.24. The van der Waals surface area contributed by atoms with Gasteiger partial charge in [0.15, 0.2) is 14.1 Å². The molecular weight excluding hydrogens is 538 g/mol. The van der Waals surface area contributed by atoms with Crippen molar-refractivity contribution in [1.29, 1.82) is 0 Å². The summed E-state index contributed by atoms with van der Waals surface area (Å²) >= 11 is 0. The van der Waals surface area contributed by atoms with Crippen LogP contribution in [-0.2, 0) is 34.9 Å². The first-order chi connectivity index (χ1) is 18.9. The first kappa shape index (κ1) is 35.4. The van der Waals surface area contributed by atoms with Crippen molar-refractivity contribution in [2.24, 2.45) is 11.8 Å². The quantitative estimate of drug-likeness (QED) is 0.142. The van der Waals surface area contributed by atoms with Gasteiger partial charge in [0.05, 0.1) is 51.7 Å². The average Bonchev–Trinajstić information content (AvgIpc) is 2.88. The highest BCUT2D eigenvalue weighted by molar-refractivity contribution is 6.74. The van der Waals surface area contributed by atoms with Crippen molar-refractivity contribution in [2.45, 2.75) is 111 Å². The molecular formula is C32H55NO7Si. The summed E-state index contributed by atoms with van der Waals surface area (Å²) in [6, 6.07) is 7.93. The van der Waals surface area contributed by atoms with E-state index in [0.29, 0.717) is 19.6 Å². The Morgan fingerprint density at radius 3 is 2.29 bits per heavy atom. The molecule has 1 amide bonds. The van der Waals surface area contributed by atoms with Crippen LogP contribution in [0, 0.1) is 11.8 Å². The summed E-state index contributed by atoms with van der Waals surface area (Å²) in [7, 11) is 2.72. The number of amides is 1. The number of nitrogens with zero attached hydrogens (tertiary/aromatic N) is 1. The molecule has 0 aliphatic carbocycles. The zero-order valence-corrected chi connectivity index (χ0v) is 28.7. The van der Waals surface area contributed by atoms with E-state index in [9.17, 15) is 4.79 Å². The van der Waals surface area contributed by atoms with Gasteiger partial charge in [-0.2, -0.15) is 0 Å². The summed E-state index contributed by atoms with van der Waals surface area (Å²) in [5.74, 6) is -0.577. The molecule has 1 aliphatic rings. The lowest BCUT2D eigenvalue weighted by molar-refractivity contribution is -0.316. The largest absolute Gasteiger partial charge is 0.497 e. The van der Waals surface area contributed by atoms with Gasteiger partial charge >= 0.3 is 0 Å². The highest BCUT2D eigenvalue weighted by Gasteiger charge is 2.45. The molecule has 0 unspecified atom stereocenters. The molecule has 5 atom stereocenters. The third kappa shape index (κ3) is 10.2. The van der Waals surface area contributed by atoms with E-state index in [1.165, 1.54) is 12.2 Å². The third-order valence-electron chi connectivity index (χ3n) is 8.34. The number of rotatable bonds is 13. The Morgan fingerprint density at radius 2 is 1.76 bits per heavy atom. The van der Waals surface area contributed by atoms with Crippen LogP contribution in [0.3, 0.4) is 0 Å². The van der Waals surface area contributed by atoms with Crippen molar-refractivity contribution in [3.63, 3.8) is 0 Å². The zero-order valence-electron chi connectivity index (χ0n) is 27.7. The highest BCUT2D eigenvalue weighted by atomic mass is 28.4. The molecule has 1 aromatic rings. The average molecular weight is 594 g/mol. The fourth-order valence-electron chi connectivity index (χ4n) is 4.81. The van der Waals surface area contributed by atoms with Crippen LogP contribution >= 0.6 is 0 Å². The minimum absolute atomic E-state index is 0.0479. The van der Waals surface area contributed by atoms with Gasteiger partial charge in [0.25, 0.3) is 5.91 Å². The van der Waals surface area contributed by atoms with E-state index in [-0.39, 0.29) is 35.2 Å². The van der Waals surface area contributed by atoms with Crippen molar-refractivity contribution in [1.82, 2.24) is 5.06 Å². The summed E-state index contributed by atoms with van der Waals surface area (Å²) < 4.78 is 31.0. The SMILES string of the molecule is COc1ccc(COC[C@H](C/C(C)=C/[C@H]2OC(C)(C)O[C@H]([C@H](C)C(=O)N(C)OC)[C@@H]2C)O[Si](C)(C)C(C)(C)C)cc1. The maximum absolute atomic E-state index is 12.9. The normalized spacial score (nSPS) is 23.1. The van der Waals surface area contributed by atoms with Gasteiger partial charge in [-0.3, -0.25) is 9.63 Å². The van der Waals surface area contributed by atoms with Gasteiger partial charge < -0.3 is 23.4 Å². The summed E-state index contributed by atoms with van der Waals surface area (Å²) in [5, 5.41) is 1.33. The van der Waals surface area contributed by atoms with E-state index in [1.807, 2.05) is 45.0 Å². The smallest absolute Gasteiger partial charge is 0.251 e. The number of hydrogen-bond acceptors (Lipinski definition) is 7. The fraction of sp³-hybridized carbons (Fsp3) is 0.719. The first-order valence-electron chi connectivity index (χ1n) is 14.6. The second-order valence-electron chi connectivity index (χ2n) is 13.3. The third-order valence-corrected chi connectivity index (χ3v) is 12.9. The van der Waals surface area contributed by atoms with E-state index in [0.717, 1.165) is 16.9 Å². The highest BCUT2D eigenvalue weighted by Crippen LogP contribution is 2.39. The molecule has 0 N–H and O–H groups in total. The van der Waals surface area contributed by atoms with Crippen LogP contribution in [0.25, 0.3) is 0 Å². The molecule has 2 rings (SSSR count). The van der Waals surface area contributed by atoms with Gasteiger partial charge in [-0.25, -0.2) is 5.06 Å². The molecule has 1 aromatic carbocycles. The first-order valence-corrected chi connectivity index (χ1v) is 17.5. The Hall–Kier alpha value is -1.75. The molecule has 1 fully saturated rings. The minimum atomic E-state index is -2.05. The lowest BCUT2D eigenvalue weighted by Gasteiger charge is -2.46. The maximum Gasteiger partial charge on any atom is 0.251 e. The Labute approximate surface area is 249 Å². The number of carbonyl (C=O) groups is 1. The molecule has 1 saturated heterocycles. The Kier molecular flexibility index (Phi) is 12.6. The van der Waals surface area contributed by atoms with Gasteiger partial charge in [0.2, 0.25) is 0 Å². The van der Waals surface area contributed by atoms with E-state index >= 15 is 0 Å². The molecule has 0 spiro atoms. The van der Waals surface area contributed by atoms with Crippen molar-refractivity contribution in [3.05, 3.63) is 41.5 Å². The molecule has 9 heteroatoms. The number of methoxy groups -OCH3 is 1. The monoisotopic (exact) mass is 593 g/mol. The number of hydroxylamine groups is 2. The van der Waals surface area contributed by atoms with Crippen molar-refractivity contribution in [3.8, 4) is 5.75 Å². The maximum atomic E-state index is 12.9. The van der Waals surface area contributed by atoms with Crippen LogP contribution in [0.15, 0.2) is 35.9 Å². The number of benzene rings is 1. The minimum Gasteiger partial charge on any atom is -0.497 e. The van der Waals surface area contributed by atoms with E-state index in [4.69, 9.17) is 28.2 Å². The molecule has 1 aliphatic heterocycles. The second-order valence-corrected chi connectivity index (χ2v) is 18.1. The molecule has 0 bridgehead atoms. The van der Waals surface area contributed by atoms with Crippen LogP contribution in [-0.4, -0.2) is 71.3 Å². The van der Waals surface area contributed by atoms with Crippen LogP contribution in [0.1, 0.15) is 67.4 Å². The standard InChI is InChI=1S/C32H55NO7Si/c1-22(19-28-23(2)29(39-32(7,8)38-28)24(3)30(34)33(9)36-11)18-27(40-41(12,13)31(4,5)6)21-37-20-25-14-16-26(35-10)17-15-25/h14-17,19,23-24,27-29H,18,20-21H2,1-13H3/b22-19+/t23-,24+,27+,28-,29+/m1/s1. The zero-order chi connectivity index (χ0) is 31.2. The van der Waals surface area contributed by atoms with Gasteiger partial charge in [0.1, 0.15) is 5.75 Å². The predicted molar refractivity (Wildman–Crippen MR) is 165 cm³/mol. The summed E-state index contributed by atoms with van der Waals surface area (Å²) in [5.41, 5.74) is 2.24. The molecule has 8 nitrogen and oxygen atoms in total. The Balaban J connectivity index is 2.21. The van der Waals surface area contributed by atoms with Gasteiger partial charge in [-0.15, -0.1) is 0 Å². The van der Waals surface area contributed by atoms with E-state index in [2.05, 4.69) is 53.8 Å². The lowest BCUT2D eigenvalue weighted by atomic mass is 9.85. The van der Waals surface area contributed by atoms with Crippen LogP contribution in [0.4, 0.5) is 0 Å².